The summed E-state index contributed by atoms with van der Waals surface area (Å²) in [5.41, 5.74) is 0.723. The van der Waals surface area contributed by atoms with E-state index >= 15 is 0 Å². The van der Waals surface area contributed by atoms with Crippen LogP contribution in [0.3, 0.4) is 0 Å². The van der Waals surface area contributed by atoms with Gasteiger partial charge in [-0.25, -0.2) is 8.42 Å². The summed E-state index contributed by atoms with van der Waals surface area (Å²) in [5.74, 6) is 0.246. The van der Waals surface area contributed by atoms with Crippen molar-refractivity contribution in [1.29, 1.82) is 0 Å². The lowest BCUT2D eigenvalue weighted by atomic mass is 9.95. The standard InChI is InChI=1S/C37H39Cl2N3O5S/c1-2-35(37(44)40-27-13-6-3-7-14-27)41(25-32-33(38)19-12-20-34(32)39)36(43)26-42(48(45,46)31-17-10-5-11-18-31)28-21-23-30(24-22-28)47-29-15-8-4-9-16-29/h4-5,8-12,15-24,27,35H,2-3,6-7,13-14,25-26H2,1H3,(H,40,44). The van der Waals surface area contributed by atoms with E-state index in [0.717, 1.165) is 36.4 Å². The smallest absolute Gasteiger partial charge is 0.264 e. The normalized spacial score (nSPS) is 14.1. The minimum atomic E-state index is -4.23. The molecule has 1 unspecified atom stereocenters. The first-order valence-corrected chi connectivity index (χ1v) is 18.3. The van der Waals surface area contributed by atoms with Crippen LogP contribution < -0.4 is 14.4 Å². The molecule has 1 aliphatic carbocycles. The van der Waals surface area contributed by atoms with Crippen molar-refractivity contribution in [2.75, 3.05) is 10.8 Å². The van der Waals surface area contributed by atoms with Crippen molar-refractivity contribution in [2.45, 2.75) is 69.0 Å². The van der Waals surface area contributed by atoms with Crippen molar-refractivity contribution in [3.05, 3.63) is 119 Å². The van der Waals surface area contributed by atoms with Crippen molar-refractivity contribution in [2.24, 2.45) is 0 Å². The van der Waals surface area contributed by atoms with E-state index in [-0.39, 0.29) is 29.1 Å². The maximum Gasteiger partial charge on any atom is 0.264 e. The molecular weight excluding hydrogens is 669 g/mol. The van der Waals surface area contributed by atoms with Crippen LogP contribution in [0.25, 0.3) is 0 Å². The highest BCUT2D eigenvalue weighted by Crippen LogP contribution is 2.31. The monoisotopic (exact) mass is 707 g/mol. The lowest BCUT2D eigenvalue weighted by Crippen LogP contribution is -2.54. The highest BCUT2D eigenvalue weighted by Gasteiger charge is 2.35. The number of hydrogen-bond donors (Lipinski definition) is 1. The molecule has 1 saturated carbocycles. The number of carbonyl (C=O) groups is 2. The van der Waals surface area contributed by atoms with Gasteiger partial charge in [0.1, 0.15) is 24.1 Å². The molecule has 0 saturated heterocycles. The molecule has 0 spiro atoms. The van der Waals surface area contributed by atoms with E-state index in [1.165, 1.54) is 17.0 Å². The van der Waals surface area contributed by atoms with Gasteiger partial charge in [0.15, 0.2) is 0 Å². The Hall–Kier alpha value is -4.05. The lowest BCUT2D eigenvalue weighted by molar-refractivity contribution is -0.140. The molecule has 0 aliphatic heterocycles. The largest absolute Gasteiger partial charge is 0.457 e. The summed E-state index contributed by atoms with van der Waals surface area (Å²) in [6.07, 6.45) is 5.23. The number of rotatable bonds is 13. The van der Waals surface area contributed by atoms with Gasteiger partial charge in [-0.2, -0.15) is 0 Å². The van der Waals surface area contributed by atoms with Crippen LogP contribution in [-0.4, -0.2) is 43.8 Å². The van der Waals surface area contributed by atoms with E-state index in [1.54, 1.807) is 60.7 Å². The molecule has 48 heavy (non-hydrogen) atoms. The molecule has 0 heterocycles. The maximum absolute atomic E-state index is 14.5. The van der Waals surface area contributed by atoms with E-state index in [0.29, 0.717) is 33.5 Å². The summed E-state index contributed by atoms with van der Waals surface area (Å²) < 4.78 is 35.3. The molecular formula is C37H39Cl2N3O5S. The van der Waals surface area contributed by atoms with Crippen molar-refractivity contribution in [1.82, 2.24) is 10.2 Å². The SMILES string of the molecule is CCC(C(=O)NC1CCCCC1)N(Cc1c(Cl)cccc1Cl)C(=O)CN(c1ccc(Oc2ccccc2)cc1)S(=O)(=O)c1ccccc1. The van der Waals surface area contributed by atoms with Crippen LogP contribution in [0.5, 0.6) is 11.5 Å². The average Bonchev–Trinajstić information content (AvgIpc) is 3.10. The quantitative estimate of drug-likeness (QED) is 0.151. The number of nitrogens with one attached hydrogen (secondary N) is 1. The van der Waals surface area contributed by atoms with Gasteiger partial charge < -0.3 is 15.0 Å². The fourth-order valence-corrected chi connectivity index (χ4v) is 7.82. The van der Waals surface area contributed by atoms with Gasteiger partial charge in [0.2, 0.25) is 11.8 Å². The molecule has 1 atom stereocenters. The zero-order chi connectivity index (χ0) is 34.1. The Morgan fingerprint density at radius 3 is 2.00 bits per heavy atom. The van der Waals surface area contributed by atoms with Crippen molar-refractivity contribution >= 4 is 50.7 Å². The summed E-state index contributed by atoms with van der Waals surface area (Å²) >= 11 is 13.1. The molecule has 8 nitrogen and oxygen atoms in total. The number of halogens is 2. The third-order valence-electron chi connectivity index (χ3n) is 8.44. The Morgan fingerprint density at radius 1 is 0.812 bits per heavy atom. The number of sulfonamides is 1. The van der Waals surface area contributed by atoms with Crippen LogP contribution in [-0.2, 0) is 26.2 Å². The van der Waals surface area contributed by atoms with Gasteiger partial charge in [-0.1, -0.05) is 91.9 Å². The predicted molar refractivity (Wildman–Crippen MR) is 190 cm³/mol. The minimum Gasteiger partial charge on any atom is -0.457 e. The second kappa shape index (κ2) is 16.4. The summed E-state index contributed by atoms with van der Waals surface area (Å²) in [4.78, 5) is 29.7. The number of amides is 2. The number of carbonyl (C=O) groups excluding carboxylic acids is 2. The van der Waals surface area contributed by atoms with E-state index in [2.05, 4.69) is 5.32 Å². The third kappa shape index (κ3) is 8.69. The Balaban J connectivity index is 1.50. The van der Waals surface area contributed by atoms with Crippen molar-refractivity contribution < 1.29 is 22.7 Å². The maximum atomic E-state index is 14.5. The Kier molecular flexibility index (Phi) is 12.0. The summed E-state index contributed by atoms with van der Waals surface area (Å²) in [6.45, 7) is 1.16. The first-order chi connectivity index (χ1) is 23.2. The first-order valence-electron chi connectivity index (χ1n) is 16.1. The van der Waals surface area contributed by atoms with Gasteiger partial charge in [0.25, 0.3) is 10.0 Å². The fourth-order valence-electron chi connectivity index (χ4n) is 5.87. The molecule has 0 bridgehead atoms. The van der Waals surface area contributed by atoms with Crippen LogP contribution in [0.1, 0.15) is 51.0 Å². The first kappa shape index (κ1) is 35.3. The number of nitrogens with zero attached hydrogens (tertiary/aromatic N) is 2. The number of para-hydroxylation sites is 1. The van der Waals surface area contributed by atoms with Crippen LogP contribution in [0.2, 0.25) is 10.0 Å². The molecule has 4 aromatic rings. The molecule has 1 N–H and O–H groups in total. The van der Waals surface area contributed by atoms with E-state index < -0.39 is 28.5 Å². The van der Waals surface area contributed by atoms with Crippen molar-refractivity contribution in [3.8, 4) is 11.5 Å². The summed E-state index contributed by atoms with van der Waals surface area (Å²) in [7, 11) is -4.23. The Morgan fingerprint density at radius 2 is 1.40 bits per heavy atom. The van der Waals surface area contributed by atoms with Crippen LogP contribution in [0.4, 0.5) is 5.69 Å². The van der Waals surface area contributed by atoms with Crippen LogP contribution >= 0.6 is 23.2 Å². The molecule has 2 amide bonds. The van der Waals surface area contributed by atoms with E-state index in [1.807, 2.05) is 37.3 Å². The minimum absolute atomic E-state index is 0.0187. The molecule has 11 heteroatoms. The molecule has 5 rings (SSSR count). The van der Waals surface area contributed by atoms with Crippen LogP contribution in [0, 0.1) is 0 Å². The third-order valence-corrected chi connectivity index (χ3v) is 10.9. The zero-order valence-electron chi connectivity index (χ0n) is 26.7. The topological polar surface area (TPSA) is 96.0 Å². The molecule has 1 aliphatic rings. The Bertz CT molecular complexity index is 1760. The number of benzene rings is 4. The van der Waals surface area contributed by atoms with Crippen LogP contribution in [0.15, 0.2) is 108 Å². The number of ether oxygens (including phenoxy) is 1. The second-order valence-corrected chi connectivity index (χ2v) is 14.4. The lowest BCUT2D eigenvalue weighted by Gasteiger charge is -2.34. The van der Waals surface area contributed by atoms with Gasteiger partial charge >= 0.3 is 0 Å². The molecule has 4 aromatic carbocycles. The highest BCUT2D eigenvalue weighted by atomic mass is 35.5. The fraction of sp³-hybridized carbons (Fsp3) is 0.297. The average molecular weight is 709 g/mol. The zero-order valence-corrected chi connectivity index (χ0v) is 29.1. The number of anilines is 1. The molecule has 252 valence electrons. The van der Waals surface area contributed by atoms with Gasteiger partial charge in [-0.05, 0) is 79.9 Å². The summed E-state index contributed by atoms with van der Waals surface area (Å²) in [5, 5.41) is 3.82. The number of hydrogen-bond acceptors (Lipinski definition) is 5. The Labute approximate surface area is 292 Å². The molecule has 0 aromatic heterocycles. The van der Waals surface area contributed by atoms with Gasteiger partial charge in [0, 0.05) is 28.2 Å². The van der Waals surface area contributed by atoms with E-state index in [4.69, 9.17) is 27.9 Å². The van der Waals surface area contributed by atoms with Crippen molar-refractivity contribution in [3.63, 3.8) is 0 Å². The predicted octanol–water partition coefficient (Wildman–Crippen LogP) is 8.24. The summed E-state index contributed by atoms with van der Waals surface area (Å²) in [6, 6.07) is 27.8. The van der Waals surface area contributed by atoms with Gasteiger partial charge in [0.05, 0.1) is 10.6 Å². The second-order valence-electron chi connectivity index (χ2n) is 11.7. The molecule has 1 fully saturated rings. The highest BCUT2D eigenvalue weighted by molar-refractivity contribution is 7.92. The van der Waals surface area contributed by atoms with Gasteiger partial charge in [-0.15, -0.1) is 0 Å². The van der Waals surface area contributed by atoms with E-state index in [9.17, 15) is 18.0 Å². The van der Waals surface area contributed by atoms with Gasteiger partial charge in [-0.3, -0.25) is 13.9 Å². The molecule has 0 radical (unpaired) electrons.